The molecule has 0 saturated heterocycles. The summed E-state index contributed by atoms with van der Waals surface area (Å²) >= 11 is 5.96. The Bertz CT molecular complexity index is 876. The van der Waals surface area contributed by atoms with Crippen LogP contribution in [0.1, 0.15) is 33.9 Å². The summed E-state index contributed by atoms with van der Waals surface area (Å²) in [5.41, 5.74) is 4.90. The number of halogens is 1. The van der Waals surface area contributed by atoms with Gasteiger partial charge in [0.05, 0.1) is 22.3 Å². The summed E-state index contributed by atoms with van der Waals surface area (Å²) in [5, 5.41) is 7.19. The van der Waals surface area contributed by atoms with Crippen LogP contribution in [-0.2, 0) is 13.5 Å². The zero-order valence-corrected chi connectivity index (χ0v) is 14.7. The van der Waals surface area contributed by atoms with Crippen molar-refractivity contribution in [3.8, 4) is 0 Å². The van der Waals surface area contributed by atoms with Crippen molar-refractivity contribution in [2.75, 3.05) is 6.54 Å². The largest absolute Gasteiger partial charge is 0.351 e. The molecule has 0 aliphatic rings. The van der Waals surface area contributed by atoms with Crippen molar-refractivity contribution in [1.29, 1.82) is 0 Å². The molecule has 24 heavy (non-hydrogen) atoms. The van der Waals surface area contributed by atoms with E-state index in [-0.39, 0.29) is 5.91 Å². The van der Waals surface area contributed by atoms with Crippen molar-refractivity contribution in [2.24, 2.45) is 7.05 Å². The summed E-state index contributed by atoms with van der Waals surface area (Å²) in [4.78, 5) is 20.1. The average Bonchev–Trinajstić information content (AvgIpc) is 3.11. The Balaban J connectivity index is 1.57. The maximum Gasteiger partial charge on any atom is 0.271 e. The molecule has 0 saturated carbocycles. The molecule has 0 radical (unpaired) electrons. The second-order valence-corrected chi connectivity index (χ2v) is 6.32. The summed E-state index contributed by atoms with van der Waals surface area (Å²) in [6.45, 7) is 4.72. The molecule has 1 amide bonds. The molecule has 0 aliphatic carbocycles. The van der Waals surface area contributed by atoms with Crippen molar-refractivity contribution >= 4 is 28.5 Å². The van der Waals surface area contributed by atoms with Gasteiger partial charge < -0.3 is 10.3 Å². The minimum atomic E-state index is -0.212. The summed E-state index contributed by atoms with van der Waals surface area (Å²) < 4.78 is 1.47. The molecule has 0 fully saturated rings. The molecule has 2 heterocycles. The van der Waals surface area contributed by atoms with Gasteiger partial charge in [0.15, 0.2) is 0 Å². The van der Waals surface area contributed by atoms with Gasteiger partial charge >= 0.3 is 0 Å². The normalized spacial score (nSPS) is 11.2. The lowest BCUT2D eigenvalue weighted by Gasteiger charge is -2.05. The molecule has 2 aromatic heterocycles. The second-order valence-electron chi connectivity index (χ2n) is 5.91. The van der Waals surface area contributed by atoms with Crippen LogP contribution >= 0.6 is 11.6 Å². The predicted molar refractivity (Wildman–Crippen MR) is 94.4 cm³/mol. The van der Waals surface area contributed by atoms with E-state index >= 15 is 0 Å². The van der Waals surface area contributed by atoms with Crippen LogP contribution in [0.5, 0.6) is 0 Å². The van der Waals surface area contributed by atoms with E-state index < -0.39 is 0 Å². The molecule has 0 spiro atoms. The van der Waals surface area contributed by atoms with Crippen molar-refractivity contribution in [2.45, 2.75) is 26.7 Å². The molecule has 7 heteroatoms. The standard InChI is InChI=1S/C17H20ClN5O/c1-10-6-7-13-15(11(10)2)22-14(21-13)5-4-8-19-17(24)16-12(18)9-20-23(16)3/h6-7,9H,4-5,8H2,1-3H3,(H,19,24)(H,21,22). The minimum Gasteiger partial charge on any atom is -0.351 e. The van der Waals surface area contributed by atoms with Gasteiger partial charge in [0.25, 0.3) is 5.91 Å². The first-order chi connectivity index (χ1) is 11.5. The van der Waals surface area contributed by atoms with E-state index in [9.17, 15) is 4.79 Å². The Morgan fingerprint density at radius 2 is 2.17 bits per heavy atom. The fourth-order valence-electron chi connectivity index (χ4n) is 2.69. The smallest absolute Gasteiger partial charge is 0.271 e. The molecule has 3 aromatic rings. The number of aromatic amines is 1. The fraction of sp³-hybridized carbons (Fsp3) is 0.353. The lowest BCUT2D eigenvalue weighted by Crippen LogP contribution is -2.27. The fourth-order valence-corrected chi connectivity index (χ4v) is 2.94. The Hall–Kier alpha value is -2.34. The molecular weight excluding hydrogens is 326 g/mol. The van der Waals surface area contributed by atoms with Gasteiger partial charge in [-0.25, -0.2) is 4.98 Å². The first-order valence-electron chi connectivity index (χ1n) is 7.88. The number of aryl methyl sites for hydroxylation is 4. The minimum absolute atomic E-state index is 0.212. The van der Waals surface area contributed by atoms with Crippen molar-refractivity contribution in [3.05, 3.63) is 46.0 Å². The molecule has 2 N–H and O–H groups in total. The molecule has 0 unspecified atom stereocenters. The molecular formula is C17H20ClN5O. The first-order valence-corrected chi connectivity index (χ1v) is 8.25. The Labute approximate surface area is 145 Å². The number of amides is 1. The molecule has 0 atom stereocenters. The number of carbonyl (C=O) groups is 1. The van der Waals surface area contributed by atoms with E-state index in [4.69, 9.17) is 11.6 Å². The van der Waals surface area contributed by atoms with Crippen LogP contribution < -0.4 is 5.32 Å². The Morgan fingerprint density at radius 1 is 1.38 bits per heavy atom. The maximum atomic E-state index is 12.1. The Kier molecular flexibility index (Phi) is 4.57. The van der Waals surface area contributed by atoms with Crippen LogP contribution in [0.25, 0.3) is 11.0 Å². The second kappa shape index (κ2) is 6.65. The van der Waals surface area contributed by atoms with Crippen LogP contribution in [0.4, 0.5) is 0 Å². The lowest BCUT2D eigenvalue weighted by atomic mass is 10.1. The molecule has 1 aromatic carbocycles. The van der Waals surface area contributed by atoms with E-state index in [1.165, 1.54) is 22.0 Å². The van der Waals surface area contributed by atoms with Crippen molar-refractivity contribution in [1.82, 2.24) is 25.1 Å². The number of H-pyrrole nitrogens is 1. The SMILES string of the molecule is Cc1ccc2[nH]c(CCCNC(=O)c3c(Cl)cnn3C)nc2c1C. The zero-order chi connectivity index (χ0) is 17.3. The van der Waals surface area contributed by atoms with Crippen LogP contribution in [0.15, 0.2) is 18.3 Å². The van der Waals surface area contributed by atoms with Gasteiger partial charge in [0.2, 0.25) is 0 Å². The number of aromatic nitrogens is 4. The van der Waals surface area contributed by atoms with Gasteiger partial charge in [0.1, 0.15) is 11.5 Å². The van der Waals surface area contributed by atoms with E-state index in [0.717, 1.165) is 29.7 Å². The number of hydrogen-bond acceptors (Lipinski definition) is 3. The number of hydrogen-bond donors (Lipinski definition) is 2. The van der Waals surface area contributed by atoms with E-state index in [1.807, 2.05) is 0 Å². The van der Waals surface area contributed by atoms with Crippen molar-refractivity contribution in [3.63, 3.8) is 0 Å². The molecule has 126 valence electrons. The number of rotatable bonds is 5. The highest BCUT2D eigenvalue weighted by Crippen LogP contribution is 2.19. The molecule has 0 bridgehead atoms. The summed E-state index contributed by atoms with van der Waals surface area (Å²) in [5.74, 6) is 0.725. The van der Waals surface area contributed by atoms with Gasteiger partial charge in [-0.05, 0) is 37.5 Å². The van der Waals surface area contributed by atoms with E-state index in [1.54, 1.807) is 7.05 Å². The number of nitrogens with zero attached hydrogens (tertiary/aromatic N) is 3. The van der Waals surface area contributed by atoms with E-state index in [0.29, 0.717) is 17.3 Å². The number of benzene rings is 1. The van der Waals surface area contributed by atoms with Crippen LogP contribution in [0, 0.1) is 13.8 Å². The third-order valence-corrected chi connectivity index (χ3v) is 4.49. The third-order valence-electron chi connectivity index (χ3n) is 4.21. The van der Waals surface area contributed by atoms with Crippen LogP contribution in [-0.4, -0.2) is 32.2 Å². The summed E-state index contributed by atoms with van der Waals surface area (Å²) in [7, 11) is 1.69. The average molecular weight is 346 g/mol. The van der Waals surface area contributed by atoms with E-state index in [2.05, 4.69) is 46.4 Å². The summed E-state index contributed by atoms with van der Waals surface area (Å²) in [6, 6.07) is 4.15. The highest BCUT2D eigenvalue weighted by molar-refractivity contribution is 6.33. The maximum absolute atomic E-state index is 12.1. The lowest BCUT2D eigenvalue weighted by molar-refractivity contribution is 0.0944. The predicted octanol–water partition coefficient (Wildman–Crippen LogP) is 2.93. The zero-order valence-electron chi connectivity index (χ0n) is 14.0. The van der Waals surface area contributed by atoms with Crippen molar-refractivity contribution < 1.29 is 4.79 Å². The molecule has 3 rings (SSSR count). The number of fused-ring (bicyclic) bond motifs is 1. The first kappa shape index (κ1) is 16.5. The molecule has 0 aliphatic heterocycles. The number of carbonyl (C=O) groups excluding carboxylic acids is 1. The van der Waals surface area contributed by atoms with Crippen LogP contribution in [0.2, 0.25) is 5.02 Å². The van der Waals surface area contributed by atoms with Gasteiger partial charge in [-0.15, -0.1) is 0 Å². The van der Waals surface area contributed by atoms with Crippen LogP contribution in [0.3, 0.4) is 0 Å². The monoisotopic (exact) mass is 345 g/mol. The van der Waals surface area contributed by atoms with Gasteiger partial charge in [-0.1, -0.05) is 17.7 Å². The molecule has 6 nitrogen and oxygen atoms in total. The Morgan fingerprint density at radius 3 is 2.88 bits per heavy atom. The quantitative estimate of drug-likeness (QED) is 0.698. The van der Waals surface area contributed by atoms with Gasteiger partial charge in [0, 0.05) is 20.0 Å². The van der Waals surface area contributed by atoms with Gasteiger partial charge in [-0.3, -0.25) is 9.48 Å². The topological polar surface area (TPSA) is 75.6 Å². The third kappa shape index (κ3) is 3.14. The number of nitrogens with one attached hydrogen (secondary N) is 2. The van der Waals surface area contributed by atoms with Gasteiger partial charge in [-0.2, -0.15) is 5.10 Å². The highest BCUT2D eigenvalue weighted by atomic mass is 35.5. The summed E-state index contributed by atoms with van der Waals surface area (Å²) in [6.07, 6.45) is 3.03. The highest BCUT2D eigenvalue weighted by Gasteiger charge is 2.15. The number of imidazole rings is 1.